The second-order valence-electron chi connectivity index (χ2n) is 5.90. The number of aromatic nitrogens is 1. The molecule has 0 unspecified atom stereocenters. The predicted molar refractivity (Wildman–Crippen MR) is 109 cm³/mol. The summed E-state index contributed by atoms with van der Waals surface area (Å²) in [6, 6.07) is 21.6. The van der Waals surface area contributed by atoms with Gasteiger partial charge in [-0.2, -0.15) is 4.57 Å². The van der Waals surface area contributed by atoms with Crippen LogP contribution in [0.3, 0.4) is 0 Å². The topological polar surface area (TPSA) is 20.9 Å². The summed E-state index contributed by atoms with van der Waals surface area (Å²) >= 11 is 1.22. The molecule has 0 amide bonds. The summed E-state index contributed by atoms with van der Waals surface area (Å²) in [4.78, 5) is 12.0. The molecule has 2 nitrogen and oxygen atoms in total. The molecule has 28 heavy (non-hydrogen) atoms. The van der Waals surface area contributed by atoms with Crippen LogP contribution in [0, 0.1) is 23.7 Å². The second kappa shape index (κ2) is 10.7. The summed E-state index contributed by atoms with van der Waals surface area (Å²) in [7, 11) is 1.97. The third-order valence-corrected chi connectivity index (χ3v) is 4.50. The van der Waals surface area contributed by atoms with Gasteiger partial charge in [-0.3, -0.25) is 4.79 Å². The van der Waals surface area contributed by atoms with Crippen molar-refractivity contribution in [3.63, 3.8) is 0 Å². The summed E-state index contributed by atoms with van der Waals surface area (Å²) < 4.78 is 1.98. The van der Waals surface area contributed by atoms with E-state index in [9.17, 15) is 4.79 Å². The SMILES string of the molecule is CC(=O)Sc1ccc(C#Cc2ccc(C#Cc3ccccc3)[n+](C)c2)cc1.[I-]. The third kappa shape index (κ3) is 6.56. The van der Waals surface area contributed by atoms with Crippen molar-refractivity contribution < 1.29 is 33.3 Å². The molecule has 3 aromatic rings. The van der Waals surface area contributed by atoms with Crippen LogP contribution in [0.1, 0.15) is 29.3 Å². The lowest BCUT2D eigenvalue weighted by Gasteiger charge is -1.96. The molecule has 0 atom stereocenters. The molecular formula is C24H18INOS. The summed E-state index contributed by atoms with van der Waals surface area (Å²) in [6.07, 6.45) is 1.97. The van der Waals surface area contributed by atoms with E-state index < -0.39 is 0 Å². The first-order valence-corrected chi connectivity index (χ1v) is 9.29. The van der Waals surface area contributed by atoms with E-state index in [1.807, 2.05) is 84.5 Å². The Morgan fingerprint density at radius 3 is 2.00 bits per heavy atom. The van der Waals surface area contributed by atoms with Gasteiger partial charge in [-0.1, -0.05) is 47.7 Å². The van der Waals surface area contributed by atoms with Gasteiger partial charge >= 0.3 is 0 Å². The number of nitrogens with zero attached hydrogens (tertiary/aromatic N) is 1. The summed E-state index contributed by atoms with van der Waals surface area (Å²) in [5.41, 5.74) is 3.76. The van der Waals surface area contributed by atoms with Crippen LogP contribution >= 0.6 is 11.8 Å². The van der Waals surface area contributed by atoms with E-state index in [1.54, 1.807) is 6.92 Å². The van der Waals surface area contributed by atoms with Crippen LogP contribution < -0.4 is 28.5 Å². The number of thioether (sulfide) groups is 1. The highest BCUT2D eigenvalue weighted by Crippen LogP contribution is 2.18. The number of pyridine rings is 1. The zero-order valence-corrected chi connectivity index (χ0v) is 18.5. The van der Waals surface area contributed by atoms with Crippen molar-refractivity contribution in [1.82, 2.24) is 0 Å². The smallest absolute Gasteiger partial charge is 0.257 e. The molecule has 0 radical (unpaired) electrons. The van der Waals surface area contributed by atoms with E-state index in [0.29, 0.717) is 0 Å². The lowest BCUT2D eigenvalue weighted by molar-refractivity contribution is -0.674. The van der Waals surface area contributed by atoms with Gasteiger partial charge in [0, 0.05) is 34.9 Å². The van der Waals surface area contributed by atoms with Crippen molar-refractivity contribution in [3.8, 4) is 23.7 Å². The Kier molecular flexibility index (Phi) is 8.32. The van der Waals surface area contributed by atoms with E-state index in [0.717, 1.165) is 27.3 Å². The third-order valence-electron chi connectivity index (χ3n) is 3.71. The lowest BCUT2D eigenvalue weighted by Crippen LogP contribution is -3.00. The predicted octanol–water partition coefficient (Wildman–Crippen LogP) is 0.953. The summed E-state index contributed by atoms with van der Waals surface area (Å²) in [6.45, 7) is 1.56. The van der Waals surface area contributed by atoms with Gasteiger partial charge in [0.15, 0.2) is 11.3 Å². The molecule has 3 rings (SSSR count). The standard InChI is InChI=1S/C24H18NOS.HI/c1-19(26)27-24-16-12-21(13-17-24)8-9-22-11-15-23(25(2)18-22)14-10-20-6-4-3-5-7-20;/h3-7,11-13,15-18H,1-2H3;1H/q+1;/p-1. The zero-order valence-electron chi connectivity index (χ0n) is 15.6. The Bertz CT molecular complexity index is 1080. The molecule has 4 heteroatoms. The zero-order chi connectivity index (χ0) is 19.1. The number of hydrogen-bond acceptors (Lipinski definition) is 2. The van der Waals surface area contributed by atoms with Crippen molar-refractivity contribution in [2.75, 3.05) is 0 Å². The molecule has 2 aromatic carbocycles. The quantitative estimate of drug-likeness (QED) is 0.217. The number of rotatable bonds is 1. The number of hydrogen-bond donors (Lipinski definition) is 0. The molecule has 0 saturated heterocycles. The van der Waals surface area contributed by atoms with E-state index in [4.69, 9.17) is 0 Å². The van der Waals surface area contributed by atoms with E-state index >= 15 is 0 Å². The second-order valence-corrected chi connectivity index (χ2v) is 7.15. The van der Waals surface area contributed by atoms with Crippen LogP contribution in [0.15, 0.2) is 77.8 Å². The van der Waals surface area contributed by atoms with E-state index in [-0.39, 0.29) is 29.1 Å². The molecule has 138 valence electrons. The first-order valence-electron chi connectivity index (χ1n) is 8.47. The fourth-order valence-electron chi connectivity index (χ4n) is 2.39. The minimum Gasteiger partial charge on any atom is -1.00 e. The minimum absolute atomic E-state index is 0. The van der Waals surface area contributed by atoms with Gasteiger partial charge in [0.1, 0.15) is 7.05 Å². The number of halogens is 1. The van der Waals surface area contributed by atoms with E-state index in [2.05, 4.69) is 23.7 Å². The average molecular weight is 495 g/mol. The number of aryl methyl sites for hydroxylation is 1. The first kappa shape index (κ1) is 21.8. The number of carbonyl (C=O) groups is 1. The van der Waals surface area contributed by atoms with Crippen LogP contribution in [0.25, 0.3) is 0 Å². The van der Waals surface area contributed by atoms with Crippen LogP contribution in [-0.4, -0.2) is 5.12 Å². The molecule has 0 fully saturated rings. The van der Waals surface area contributed by atoms with Crippen molar-refractivity contribution in [2.24, 2.45) is 7.05 Å². The Labute approximate surface area is 187 Å². The maximum absolute atomic E-state index is 11.1. The lowest BCUT2D eigenvalue weighted by atomic mass is 10.2. The number of carbonyl (C=O) groups excluding carboxylic acids is 1. The highest BCUT2D eigenvalue weighted by atomic mass is 127. The van der Waals surface area contributed by atoms with Crippen LogP contribution in [0.2, 0.25) is 0 Å². The van der Waals surface area contributed by atoms with Gasteiger partial charge in [-0.25, -0.2) is 0 Å². The maximum atomic E-state index is 11.1. The maximum Gasteiger partial charge on any atom is 0.257 e. The van der Waals surface area contributed by atoms with Crippen molar-refractivity contribution in [3.05, 3.63) is 95.3 Å². The van der Waals surface area contributed by atoms with Crippen molar-refractivity contribution >= 4 is 16.9 Å². The molecule has 0 spiro atoms. The normalized spacial score (nSPS) is 9.21. The minimum atomic E-state index is 0. The molecule has 0 aliphatic heterocycles. The Hall–Kier alpha value is -2.54. The first-order chi connectivity index (χ1) is 13.1. The van der Waals surface area contributed by atoms with Crippen molar-refractivity contribution in [1.29, 1.82) is 0 Å². The van der Waals surface area contributed by atoms with Gasteiger partial charge in [-0.05, 0) is 42.5 Å². The molecular weight excluding hydrogens is 477 g/mol. The molecule has 0 N–H and O–H groups in total. The fraction of sp³-hybridized carbons (Fsp3) is 0.0833. The molecule has 1 heterocycles. The van der Waals surface area contributed by atoms with Crippen LogP contribution in [0.5, 0.6) is 0 Å². The monoisotopic (exact) mass is 495 g/mol. The molecule has 0 bridgehead atoms. The van der Waals surface area contributed by atoms with Gasteiger partial charge in [-0.15, -0.1) is 0 Å². The van der Waals surface area contributed by atoms with Crippen LogP contribution in [0.4, 0.5) is 0 Å². The van der Waals surface area contributed by atoms with Gasteiger partial charge in [0.25, 0.3) is 5.69 Å². The highest BCUT2D eigenvalue weighted by Gasteiger charge is 2.03. The Morgan fingerprint density at radius 2 is 1.36 bits per heavy atom. The van der Waals surface area contributed by atoms with Gasteiger partial charge in [0.05, 0.1) is 5.56 Å². The van der Waals surface area contributed by atoms with Gasteiger partial charge < -0.3 is 24.0 Å². The Balaban J connectivity index is 0.00000280. The molecule has 1 aromatic heterocycles. The Morgan fingerprint density at radius 1 is 0.786 bits per heavy atom. The van der Waals surface area contributed by atoms with Crippen molar-refractivity contribution in [2.45, 2.75) is 11.8 Å². The average Bonchev–Trinajstić information content (AvgIpc) is 2.67. The van der Waals surface area contributed by atoms with Crippen LogP contribution in [-0.2, 0) is 11.8 Å². The highest BCUT2D eigenvalue weighted by molar-refractivity contribution is 8.13. The molecule has 0 aliphatic rings. The fourth-order valence-corrected chi connectivity index (χ4v) is 2.99. The largest absolute Gasteiger partial charge is 1.00 e. The van der Waals surface area contributed by atoms with E-state index in [1.165, 1.54) is 11.8 Å². The van der Waals surface area contributed by atoms with Gasteiger partial charge in [0.2, 0.25) is 0 Å². The summed E-state index contributed by atoms with van der Waals surface area (Å²) in [5.74, 6) is 12.7. The summed E-state index contributed by atoms with van der Waals surface area (Å²) in [5, 5.41) is 0.0804. The molecule has 0 saturated carbocycles. The molecule has 0 aliphatic carbocycles. The number of benzene rings is 2.